The van der Waals surface area contributed by atoms with E-state index >= 15 is 0 Å². The summed E-state index contributed by atoms with van der Waals surface area (Å²) in [5.74, 6) is 0.296. The van der Waals surface area contributed by atoms with E-state index in [-0.39, 0.29) is 11.5 Å². The Hall–Kier alpha value is -1.56. The standard InChI is InChI=1S/C15H13ClN2OS2/c16-12-8-6-11(7-9-12)14(19)10-21-15(20)18-17-13-4-2-1-3-5-13/h1-9,17H,10H2,(H,18,20). The minimum absolute atomic E-state index is 0.0144. The van der Waals surface area contributed by atoms with Crippen LogP contribution >= 0.6 is 35.6 Å². The molecular formula is C15H13ClN2OS2. The Morgan fingerprint density at radius 3 is 2.43 bits per heavy atom. The molecule has 0 heterocycles. The Balaban J connectivity index is 1.76. The van der Waals surface area contributed by atoms with Crippen LogP contribution in [0.25, 0.3) is 0 Å². The Kier molecular flexibility index (Phi) is 6.04. The normalized spacial score (nSPS) is 9.95. The minimum atomic E-state index is 0.0144. The molecule has 108 valence electrons. The second-order valence-electron chi connectivity index (χ2n) is 4.12. The van der Waals surface area contributed by atoms with Gasteiger partial charge in [-0.3, -0.25) is 15.6 Å². The number of hydrazine groups is 1. The molecule has 0 aliphatic carbocycles. The molecule has 2 N–H and O–H groups in total. The van der Waals surface area contributed by atoms with Gasteiger partial charge < -0.3 is 0 Å². The number of hydrogen-bond acceptors (Lipinski definition) is 4. The summed E-state index contributed by atoms with van der Waals surface area (Å²) in [7, 11) is 0. The van der Waals surface area contributed by atoms with Gasteiger partial charge in [-0.2, -0.15) is 0 Å². The fourth-order valence-corrected chi connectivity index (χ4v) is 2.44. The summed E-state index contributed by atoms with van der Waals surface area (Å²) >= 11 is 12.2. The van der Waals surface area contributed by atoms with E-state index in [0.29, 0.717) is 14.9 Å². The first-order valence-electron chi connectivity index (χ1n) is 6.18. The van der Waals surface area contributed by atoms with E-state index in [4.69, 9.17) is 23.8 Å². The molecule has 0 aliphatic rings. The molecule has 0 saturated heterocycles. The molecule has 0 fully saturated rings. The molecule has 2 aromatic rings. The van der Waals surface area contributed by atoms with Crippen molar-refractivity contribution in [3.63, 3.8) is 0 Å². The van der Waals surface area contributed by atoms with Crippen molar-refractivity contribution in [3.05, 3.63) is 65.2 Å². The largest absolute Gasteiger partial charge is 0.300 e. The van der Waals surface area contributed by atoms with Crippen molar-refractivity contribution in [2.75, 3.05) is 11.2 Å². The molecule has 0 bridgehead atoms. The fraction of sp³-hybridized carbons (Fsp3) is 0.0667. The highest BCUT2D eigenvalue weighted by Crippen LogP contribution is 2.13. The van der Waals surface area contributed by atoms with Gasteiger partial charge in [-0.05, 0) is 36.4 Å². The van der Waals surface area contributed by atoms with Crippen LogP contribution in [0.2, 0.25) is 5.02 Å². The fourth-order valence-electron chi connectivity index (χ4n) is 1.53. The molecular weight excluding hydrogens is 324 g/mol. The SMILES string of the molecule is O=C(CSC(=S)NNc1ccccc1)c1ccc(Cl)cc1. The van der Waals surface area contributed by atoms with Crippen molar-refractivity contribution in [3.8, 4) is 0 Å². The van der Waals surface area contributed by atoms with Gasteiger partial charge in [0.25, 0.3) is 0 Å². The van der Waals surface area contributed by atoms with Crippen molar-refractivity contribution in [1.29, 1.82) is 0 Å². The lowest BCUT2D eigenvalue weighted by atomic mass is 10.1. The summed E-state index contributed by atoms with van der Waals surface area (Å²) in [5, 5.41) is 0.614. The second kappa shape index (κ2) is 8.02. The van der Waals surface area contributed by atoms with Crippen molar-refractivity contribution in [2.45, 2.75) is 0 Å². The number of rotatable bonds is 5. The molecule has 0 aromatic heterocycles. The summed E-state index contributed by atoms with van der Waals surface area (Å²) in [6.07, 6.45) is 0. The van der Waals surface area contributed by atoms with Crippen LogP contribution in [0.1, 0.15) is 10.4 Å². The molecule has 0 atom stereocenters. The van der Waals surface area contributed by atoms with Crippen molar-refractivity contribution >= 4 is 51.4 Å². The first-order valence-corrected chi connectivity index (χ1v) is 7.95. The number of carbonyl (C=O) groups is 1. The van der Waals surface area contributed by atoms with Gasteiger partial charge in [0.1, 0.15) is 0 Å². The second-order valence-corrected chi connectivity index (χ2v) is 6.21. The van der Waals surface area contributed by atoms with E-state index in [1.165, 1.54) is 11.8 Å². The highest BCUT2D eigenvalue weighted by molar-refractivity contribution is 8.23. The molecule has 3 nitrogen and oxygen atoms in total. The van der Waals surface area contributed by atoms with E-state index in [0.717, 1.165) is 5.69 Å². The lowest BCUT2D eigenvalue weighted by Gasteiger charge is -2.09. The lowest BCUT2D eigenvalue weighted by Crippen LogP contribution is -2.26. The third-order valence-corrected chi connectivity index (χ3v) is 4.06. The van der Waals surface area contributed by atoms with Gasteiger partial charge in [-0.15, -0.1) is 0 Å². The first-order chi connectivity index (χ1) is 10.1. The Morgan fingerprint density at radius 2 is 1.76 bits per heavy atom. The van der Waals surface area contributed by atoms with Crippen LogP contribution in [-0.2, 0) is 0 Å². The predicted molar refractivity (Wildman–Crippen MR) is 94.0 cm³/mol. The van der Waals surface area contributed by atoms with Crippen LogP contribution < -0.4 is 10.9 Å². The Bertz CT molecular complexity index is 617. The number of nitrogens with one attached hydrogen (secondary N) is 2. The minimum Gasteiger partial charge on any atom is -0.300 e. The summed E-state index contributed by atoms with van der Waals surface area (Å²) in [6.45, 7) is 0. The molecule has 21 heavy (non-hydrogen) atoms. The van der Waals surface area contributed by atoms with Gasteiger partial charge in [0.05, 0.1) is 11.4 Å². The van der Waals surface area contributed by atoms with Gasteiger partial charge in [0.2, 0.25) is 0 Å². The summed E-state index contributed by atoms with van der Waals surface area (Å²) in [4.78, 5) is 12.0. The maximum atomic E-state index is 12.0. The molecule has 0 saturated carbocycles. The monoisotopic (exact) mass is 336 g/mol. The molecule has 0 unspecified atom stereocenters. The molecule has 0 amide bonds. The summed E-state index contributed by atoms with van der Waals surface area (Å²) in [5.41, 5.74) is 7.40. The zero-order valence-corrected chi connectivity index (χ0v) is 13.4. The van der Waals surface area contributed by atoms with Crippen LogP contribution in [0.3, 0.4) is 0 Å². The number of para-hydroxylation sites is 1. The summed E-state index contributed by atoms with van der Waals surface area (Å²) < 4.78 is 0.515. The zero-order valence-electron chi connectivity index (χ0n) is 11.0. The number of thiocarbonyl (C=S) groups is 1. The molecule has 2 rings (SSSR count). The van der Waals surface area contributed by atoms with Crippen LogP contribution in [-0.4, -0.2) is 15.9 Å². The molecule has 0 spiro atoms. The van der Waals surface area contributed by atoms with Gasteiger partial charge >= 0.3 is 0 Å². The number of anilines is 1. The zero-order chi connectivity index (χ0) is 15.1. The predicted octanol–water partition coefficient (Wildman–Crippen LogP) is 4.16. The van der Waals surface area contributed by atoms with E-state index in [2.05, 4.69) is 10.9 Å². The van der Waals surface area contributed by atoms with Crippen molar-refractivity contribution in [2.24, 2.45) is 0 Å². The Labute approximate surface area is 138 Å². The number of thioether (sulfide) groups is 1. The molecule has 2 aromatic carbocycles. The van der Waals surface area contributed by atoms with Crippen LogP contribution in [0.15, 0.2) is 54.6 Å². The number of carbonyl (C=O) groups excluding carboxylic acids is 1. The van der Waals surface area contributed by atoms with Crippen LogP contribution in [0.4, 0.5) is 5.69 Å². The summed E-state index contributed by atoms with van der Waals surface area (Å²) in [6, 6.07) is 16.4. The molecule has 0 aliphatic heterocycles. The molecule has 0 radical (unpaired) electrons. The number of benzene rings is 2. The number of Topliss-reactive ketones (excluding diaryl/α,β-unsaturated/α-hetero) is 1. The van der Waals surface area contributed by atoms with Gasteiger partial charge in [-0.25, -0.2) is 0 Å². The lowest BCUT2D eigenvalue weighted by molar-refractivity contribution is 0.102. The number of ketones is 1. The highest BCUT2D eigenvalue weighted by atomic mass is 35.5. The Morgan fingerprint density at radius 1 is 1.10 bits per heavy atom. The van der Waals surface area contributed by atoms with E-state index in [9.17, 15) is 4.79 Å². The first kappa shape index (κ1) is 15.8. The highest BCUT2D eigenvalue weighted by Gasteiger charge is 2.07. The molecule has 6 heteroatoms. The van der Waals surface area contributed by atoms with Crippen molar-refractivity contribution in [1.82, 2.24) is 5.43 Å². The van der Waals surface area contributed by atoms with Gasteiger partial charge in [0, 0.05) is 10.6 Å². The smallest absolute Gasteiger partial charge is 0.173 e. The maximum absolute atomic E-state index is 12.0. The quantitative estimate of drug-likeness (QED) is 0.487. The number of hydrogen-bond donors (Lipinski definition) is 2. The third-order valence-electron chi connectivity index (χ3n) is 2.58. The average Bonchev–Trinajstić information content (AvgIpc) is 2.52. The topological polar surface area (TPSA) is 41.1 Å². The van der Waals surface area contributed by atoms with Gasteiger partial charge in [0.15, 0.2) is 10.1 Å². The third kappa shape index (κ3) is 5.38. The van der Waals surface area contributed by atoms with E-state index < -0.39 is 0 Å². The van der Waals surface area contributed by atoms with Gasteiger partial charge in [-0.1, -0.05) is 53.8 Å². The van der Waals surface area contributed by atoms with Crippen LogP contribution in [0, 0.1) is 0 Å². The average molecular weight is 337 g/mol. The van der Waals surface area contributed by atoms with Crippen molar-refractivity contribution < 1.29 is 4.79 Å². The maximum Gasteiger partial charge on any atom is 0.173 e. The van der Waals surface area contributed by atoms with E-state index in [1.807, 2.05) is 30.3 Å². The van der Waals surface area contributed by atoms with Crippen LogP contribution in [0.5, 0.6) is 0 Å². The van der Waals surface area contributed by atoms with E-state index in [1.54, 1.807) is 24.3 Å². The number of halogens is 1.